The first-order valence-electron chi connectivity index (χ1n) is 8.44. The van der Waals surface area contributed by atoms with Crippen molar-refractivity contribution >= 4 is 5.91 Å². The molecule has 0 aliphatic carbocycles. The fourth-order valence-electron chi connectivity index (χ4n) is 2.20. The van der Waals surface area contributed by atoms with Crippen LogP contribution in [0.1, 0.15) is 48.5 Å². The molecule has 4 nitrogen and oxygen atoms in total. The third-order valence-corrected chi connectivity index (χ3v) is 3.51. The van der Waals surface area contributed by atoms with Crippen LogP contribution in [0.3, 0.4) is 0 Å². The second-order valence-electron chi connectivity index (χ2n) is 6.57. The van der Waals surface area contributed by atoms with E-state index >= 15 is 0 Å². The Balaban J connectivity index is 4.53. The van der Waals surface area contributed by atoms with E-state index in [2.05, 4.69) is 46.4 Å². The quantitative estimate of drug-likeness (QED) is 0.588. The van der Waals surface area contributed by atoms with Gasteiger partial charge in [-0.15, -0.1) is 0 Å². The van der Waals surface area contributed by atoms with Crippen molar-refractivity contribution in [3.8, 4) is 0 Å². The maximum Gasteiger partial charge on any atom is 0.251 e. The van der Waals surface area contributed by atoms with Gasteiger partial charge in [-0.25, -0.2) is 0 Å². The van der Waals surface area contributed by atoms with E-state index in [1.807, 2.05) is 11.8 Å². The van der Waals surface area contributed by atoms with Crippen LogP contribution in [0.4, 0.5) is 0 Å². The number of hydrogen-bond donors (Lipinski definition) is 0. The highest BCUT2D eigenvalue weighted by atomic mass is 16.5. The molecule has 0 heterocycles. The molecule has 0 saturated heterocycles. The SMILES string of the molecule is CCN(CC)CCN(CC(C)C)C(=O)[C@@H](C)OCC(C)C. The van der Waals surface area contributed by atoms with Crippen molar-refractivity contribution in [2.75, 3.05) is 39.3 Å². The van der Waals surface area contributed by atoms with E-state index in [0.29, 0.717) is 18.4 Å². The Kier molecular flexibility index (Phi) is 10.7. The van der Waals surface area contributed by atoms with Gasteiger partial charge in [0.1, 0.15) is 6.10 Å². The van der Waals surface area contributed by atoms with Crippen LogP contribution in [0.5, 0.6) is 0 Å². The van der Waals surface area contributed by atoms with Gasteiger partial charge in [-0.05, 0) is 31.8 Å². The predicted octanol–water partition coefficient (Wildman–Crippen LogP) is 2.87. The van der Waals surface area contributed by atoms with E-state index in [4.69, 9.17) is 4.74 Å². The minimum atomic E-state index is -0.345. The summed E-state index contributed by atoms with van der Waals surface area (Å²) in [4.78, 5) is 16.9. The lowest BCUT2D eigenvalue weighted by atomic mass is 10.2. The van der Waals surface area contributed by atoms with Crippen molar-refractivity contribution < 1.29 is 9.53 Å². The van der Waals surface area contributed by atoms with Gasteiger partial charge in [0.25, 0.3) is 5.91 Å². The van der Waals surface area contributed by atoms with Gasteiger partial charge >= 0.3 is 0 Å². The van der Waals surface area contributed by atoms with E-state index in [1.54, 1.807) is 0 Å². The van der Waals surface area contributed by atoms with Crippen LogP contribution in [0.25, 0.3) is 0 Å². The molecule has 0 bridgehead atoms. The molecule has 0 saturated carbocycles. The Morgan fingerprint density at radius 1 is 0.952 bits per heavy atom. The Morgan fingerprint density at radius 2 is 1.52 bits per heavy atom. The van der Waals surface area contributed by atoms with Crippen molar-refractivity contribution in [3.05, 3.63) is 0 Å². The van der Waals surface area contributed by atoms with E-state index in [-0.39, 0.29) is 12.0 Å². The van der Waals surface area contributed by atoms with E-state index in [0.717, 1.165) is 32.7 Å². The number of hydrogen-bond acceptors (Lipinski definition) is 3. The lowest BCUT2D eigenvalue weighted by molar-refractivity contribution is -0.144. The molecular formula is C17H36N2O2. The molecule has 21 heavy (non-hydrogen) atoms. The number of amides is 1. The van der Waals surface area contributed by atoms with Gasteiger partial charge in [0.2, 0.25) is 0 Å². The van der Waals surface area contributed by atoms with Crippen molar-refractivity contribution in [2.24, 2.45) is 11.8 Å². The minimum Gasteiger partial charge on any atom is -0.368 e. The summed E-state index contributed by atoms with van der Waals surface area (Å²) in [6, 6.07) is 0. The minimum absolute atomic E-state index is 0.122. The fourth-order valence-corrected chi connectivity index (χ4v) is 2.20. The third kappa shape index (κ3) is 9.10. The summed E-state index contributed by atoms with van der Waals surface area (Å²) in [7, 11) is 0. The number of carbonyl (C=O) groups is 1. The zero-order valence-electron chi connectivity index (χ0n) is 15.2. The Bertz CT molecular complexity index is 276. The monoisotopic (exact) mass is 300 g/mol. The molecule has 0 aromatic heterocycles. The Hall–Kier alpha value is -0.610. The fraction of sp³-hybridized carbons (Fsp3) is 0.941. The van der Waals surface area contributed by atoms with Gasteiger partial charge in [0.05, 0.1) is 0 Å². The van der Waals surface area contributed by atoms with Gasteiger partial charge in [0, 0.05) is 26.2 Å². The lowest BCUT2D eigenvalue weighted by Crippen LogP contribution is -2.45. The number of carbonyl (C=O) groups excluding carboxylic acids is 1. The summed E-state index contributed by atoms with van der Waals surface area (Å²) in [6.45, 7) is 19.9. The first-order chi connectivity index (χ1) is 9.81. The van der Waals surface area contributed by atoms with Crippen molar-refractivity contribution in [1.82, 2.24) is 9.80 Å². The molecule has 0 aliphatic heterocycles. The topological polar surface area (TPSA) is 32.8 Å². The van der Waals surface area contributed by atoms with Gasteiger partial charge in [-0.1, -0.05) is 41.5 Å². The van der Waals surface area contributed by atoms with Crippen molar-refractivity contribution in [1.29, 1.82) is 0 Å². The van der Waals surface area contributed by atoms with Gasteiger partial charge < -0.3 is 14.5 Å². The molecule has 0 rings (SSSR count). The second-order valence-corrected chi connectivity index (χ2v) is 6.57. The molecule has 0 aromatic carbocycles. The molecule has 0 unspecified atom stereocenters. The molecule has 4 heteroatoms. The smallest absolute Gasteiger partial charge is 0.251 e. The molecule has 1 amide bonds. The van der Waals surface area contributed by atoms with Crippen LogP contribution < -0.4 is 0 Å². The maximum atomic E-state index is 12.6. The molecule has 0 radical (unpaired) electrons. The van der Waals surface area contributed by atoms with Crippen LogP contribution in [0.15, 0.2) is 0 Å². The van der Waals surface area contributed by atoms with E-state index in [1.165, 1.54) is 0 Å². The van der Waals surface area contributed by atoms with E-state index < -0.39 is 0 Å². The summed E-state index contributed by atoms with van der Waals surface area (Å²) in [5, 5.41) is 0. The summed E-state index contributed by atoms with van der Waals surface area (Å²) < 4.78 is 5.68. The van der Waals surface area contributed by atoms with Gasteiger partial charge in [-0.3, -0.25) is 4.79 Å². The third-order valence-electron chi connectivity index (χ3n) is 3.51. The highest BCUT2D eigenvalue weighted by Gasteiger charge is 2.22. The standard InChI is InChI=1S/C17H36N2O2/c1-8-18(9-2)10-11-19(12-14(3)4)17(20)16(7)21-13-15(5)6/h14-16H,8-13H2,1-7H3/t16-/m1/s1. The highest BCUT2D eigenvalue weighted by molar-refractivity contribution is 5.80. The molecule has 0 N–H and O–H groups in total. The summed E-state index contributed by atoms with van der Waals surface area (Å²) >= 11 is 0. The zero-order chi connectivity index (χ0) is 16.4. The Labute approximate surface area is 131 Å². The average molecular weight is 300 g/mol. The normalized spacial score (nSPS) is 13.2. The average Bonchev–Trinajstić information content (AvgIpc) is 2.43. The van der Waals surface area contributed by atoms with Gasteiger partial charge in [-0.2, -0.15) is 0 Å². The lowest BCUT2D eigenvalue weighted by Gasteiger charge is -2.30. The van der Waals surface area contributed by atoms with Crippen LogP contribution in [0.2, 0.25) is 0 Å². The van der Waals surface area contributed by atoms with Gasteiger partial charge in [0.15, 0.2) is 0 Å². The molecule has 0 aliphatic rings. The predicted molar refractivity (Wildman–Crippen MR) is 89.5 cm³/mol. The van der Waals surface area contributed by atoms with Crippen LogP contribution in [0, 0.1) is 11.8 Å². The number of rotatable bonds is 11. The highest BCUT2D eigenvalue weighted by Crippen LogP contribution is 2.06. The molecular weight excluding hydrogens is 264 g/mol. The molecule has 0 fully saturated rings. The van der Waals surface area contributed by atoms with E-state index in [9.17, 15) is 4.79 Å². The summed E-state index contributed by atoms with van der Waals surface area (Å²) in [6.07, 6.45) is -0.345. The molecule has 0 aromatic rings. The first kappa shape index (κ1) is 20.4. The van der Waals surface area contributed by atoms with Crippen LogP contribution >= 0.6 is 0 Å². The number of nitrogens with zero attached hydrogens (tertiary/aromatic N) is 2. The number of ether oxygens (including phenoxy) is 1. The second kappa shape index (κ2) is 11.0. The number of likely N-dealkylation sites (N-methyl/N-ethyl adjacent to an activating group) is 1. The summed E-state index contributed by atoms with van der Waals surface area (Å²) in [5.41, 5.74) is 0. The van der Waals surface area contributed by atoms with Crippen LogP contribution in [-0.2, 0) is 9.53 Å². The van der Waals surface area contributed by atoms with Crippen molar-refractivity contribution in [3.63, 3.8) is 0 Å². The van der Waals surface area contributed by atoms with Crippen molar-refractivity contribution in [2.45, 2.75) is 54.6 Å². The largest absolute Gasteiger partial charge is 0.368 e. The summed E-state index contributed by atoms with van der Waals surface area (Å²) in [5.74, 6) is 1.05. The molecule has 0 spiro atoms. The molecule has 1 atom stereocenters. The zero-order valence-corrected chi connectivity index (χ0v) is 15.2. The molecule has 126 valence electrons. The first-order valence-corrected chi connectivity index (χ1v) is 8.44. The maximum absolute atomic E-state index is 12.6. The Morgan fingerprint density at radius 3 is 1.95 bits per heavy atom. The van der Waals surface area contributed by atoms with Crippen LogP contribution in [-0.4, -0.2) is 61.1 Å².